The minimum Gasteiger partial charge on any atom is -0.520 e. The van der Waals surface area contributed by atoms with Gasteiger partial charge in [-0.2, -0.15) is 0 Å². The van der Waals surface area contributed by atoms with Gasteiger partial charge in [0.25, 0.3) is 11.8 Å². The summed E-state index contributed by atoms with van der Waals surface area (Å²) in [6.45, 7) is 9.64. The highest BCUT2D eigenvalue weighted by Crippen LogP contribution is 2.35. The van der Waals surface area contributed by atoms with E-state index in [4.69, 9.17) is 13.6 Å². The van der Waals surface area contributed by atoms with Crippen molar-refractivity contribution in [3.05, 3.63) is 42.0 Å². The highest BCUT2D eigenvalue weighted by molar-refractivity contribution is 6.70. The highest BCUT2D eigenvalue weighted by Gasteiger charge is 2.47. The van der Waals surface area contributed by atoms with Crippen LogP contribution in [0.2, 0.25) is 11.1 Å². The molecule has 1 aromatic rings. The van der Waals surface area contributed by atoms with Crippen molar-refractivity contribution in [2.24, 2.45) is 0 Å². The van der Waals surface area contributed by atoms with Crippen LogP contribution < -0.4 is 4.43 Å². The maximum atomic E-state index is 11.5. The molecule has 0 atom stereocenters. The molecule has 1 heterocycles. The minimum absolute atomic E-state index is 0.00423. The average Bonchev–Trinajstić information content (AvgIpc) is 3.01. The summed E-state index contributed by atoms with van der Waals surface area (Å²) in [6, 6.07) is 7.40. The number of amides is 2. The quantitative estimate of drug-likeness (QED) is 0.317. The highest BCUT2D eigenvalue weighted by atomic mass is 28.4. The van der Waals surface area contributed by atoms with E-state index in [1.54, 1.807) is 0 Å². The smallest absolute Gasteiger partial charge is 0.404 e. The number of aliphatic hydroxyl groups excluding tert-OH is 1. The van der Waals surface area contributed by atoms with E-state index in [0.717, 1.165) is 16.2 Å². The van der Waals surface area contributed by atoms with Crippen LogP contribution >= 0.6 is 0 Å². The number of hydrogen-bond acceptors (Lipinski definition) is 6. The average molecular weight is 422 g/mol. The summed E-state index contributed by atoms with van der Waals surface area (Å²) in [6.07, 6.45) is 2.53. The Hall–Kier alpha value is -2.00. The number of carbonyl (C=O) groups is 2. The molecule has 0 fully saturated rings. The largest absolute Gasteiger partial charge is 0.520 e. The van der Waals surface area contributed by atoms with Gasteiger partial charge in [-0.25, -0.2) is 0 Å². The zero-order valence-electron chi connectivity index (χ0n) is 17.6. The van der Waals surface area contributed by atoms with Crippen molar-refractivity contribution < 1.29 is 28.3 Å². The van der Waals surface area contributed by atoms with Crippen LogP contribution in [0, 0.1) is 0 Å². The second-order valence-corrected chi connectivity index (χ2v) is 11.8. The fraction of sp³-hybridized carbons (Fsp3) is 0.524. The molecular weight excluding hydrogens is 390 g/mol. The lowest BCUT2D eigenvalue weighted by molar-refractivity contribution is -0.137. The monoisotopic (exact) mass is 421 g/mol. The lowest BCUT2D eigenvalue weighted by Crippen LogP contribution is -2.51. The van der Waals surface area contributed by atoms with Gasteiger partial charge in [-0.1, -0.05) is 39.8 Å². The first-order chi connectivity index (χ1) is 13.8. The van der Waals surface area contributed by atoms with Crippen molar-refractivity contribution in [3.8, 4) is 5.75 Å². The topological polar surface area (TPSA) is 85.3 Å². The van der Waals surface area contributed by atoms with Gasteiger partial charge in [0.05, 0.1) is 33.0 Å². The summed E-state index contributed by atoms with van der Waals surface area (Å²) in [4.78, 5) is 24.2. The first-order valence-electron chi connectivity index (χ1n) is 9.94. The summed E-state index contributed by atoms with van der Waals surface area (Å²) in [7, 11) is -2.60. The van der Waals surface area contributed by atoms with Crippen LogP contribution in [0.25, 0.3) is 0 Å². The molecule has 0 spiro atoms. The molecule has 160 valence electrons. The fourth-order valence-electron chi connectivity index (χ4n) is 3.28. The number of imide groups is 1. The Balaban J connectivity index is 1.87. The standard InChI is InChI=1S/C21H31NO6Si/c1-16(2)29(17(3)4,28-19-7-5-18(15-23)6-8-19)27-14-13-26-12-11-22-20(24)9-10-21(22)25/h5-10,16-17,23H,11-15H2,1-4H3. The van der Waals surface area contributed by atoms with Crippen LogP contribution in [0.1, 0.15) is 33.3 Å². The van der Waals surface area contributed by atoms with E-state index in [1.807, 2.05) is 24.3 Å². The van der Waals surface area contributed by atoms with Gasteiger partial charge < -0.3 is 18.7 Å². The summed E-state index contributed by atoms with van der Waals surface area (Å²) in [5.74, 6) is 0.124. The van der Waals surface area contributed by atoms with Gasteiger partial charge in [0.2, 0.25) is 0 Å². The Morgan fingerprint density at radius 2 is 1.52 bits per heavy atom. The van der Waals surface area contributed by atoms with E-state index in [1.165, 1.54) is 12.2 Å². The molecule has 1 aromatic carbocycles. The molecule has 0 saturated carbocycles. The van der Waals surface area contributed by atoms with E-state index >= 15 is 0 Å². The first-order valence-corrected chi connectivity index (χ1v) is 11.9. The summed E-state index contributed by atoms with van der Waals surface area (Å²) in [5.41, 5.74) is 1.26. The predicted molar refractivity (Wildman–Crippen MR) is 112 cm³/mol. The Labute approximate surface area is 173 Å². The molecule has 7 nitrogen and oxygen atoms in total. The Bertz CT molecular complexity index is 690. The SMILES string of the molecule is CC(C)[Si](OCCOCCN1C(=O)C=CC1=O)(Oc1ccc(CO)cc1)C(C)C. The van der Waals surface area contributed by atoms with Crippen molar-refractivity contribution in [2.75, 3.05) is 26.4 Å². The molecule has 2 amide bonds. The number of ether oxygens (including phenoxy) is 1. The van der Waals surface area contributed by atoms with Gasteiger partial charge in [0.15, 0.2) is 0 Å². The Morgan fingerprint density at radius 3 is 2.03 bits per heavy atom. The molecule has 8 heteroatoms. The molecule has 0 saturated heterocycles. The second kappa shape index (κ2) is 10.7. The molecular formula is C21H31NO6Si. The van der Waals surface area contributed by atoms with E-state index in [9.17, 15) is 14.7 Å². The number of hydrogen-bond donors (Lipinski definition) is 1. The molecule has 2 rings (SSSR count). The van der Waals surface area contributed by atoms with Crippen molar-refractivity contribution >= 4 is 20.4 Å². The summed E-state index contributed by atoms with van der Waals surface area (Å²) in [5, 5.41) is 9.21. The number of benzene rings is 1. The van der Waals surface area contributed by atoms with Crippen molar-refractivity contribution in [2.45, 2.75) is 45.4 Å². The van der Waals surface area contributed by atoms with E-state index in [0.29, 0.717) is 13.2 Å². The third kappa shape index (κ3) is 5.99. The van der Waals surface area contributed by atoms with Crippen LogP contribution in [0.3, 0.4) is 0 Å². The Morgan fingerprint density at radius 1 is 0.931 bits per heavy atom. The maximum absolute atomic E-state index is 11.5. The lowest BCUT2D eigenvalue weighted by atomic mass is 10.2. The number of carbonyl (C=O) groups excluding carboxylic acids is 2. The van der Waals surface area contributed by atoms with Crippen LogP contribution in [-0.4, -0.2) is 56.7 Å². The molecule has 0 aliphatic carbocycles. The molecule has 29 heavy (non-hydrogen) atoms. The zero-order valence-corrected chi connectivity index (χ0v) is 18.6. The minimum atomic E-state index is -2.60. The van der Waals surface area contributed by atoms with Gasteiger partial charge in [-0.3, -0.25) is 14.5 Å². The van der Waals surface area contributed by atoms with Gasteiger partial charge >= 0.3 is 8.56 Å². The molecule has 0 bridgehead atoms. The number of rotatable bonds is 12. The third-order valence-corrected chi connectivity index (χ3v) is 9.34. The normalized spacial score (nSPS) is 14.5. The molecule has 0 unspecified atom stereocenters. The second-order valence-electron chi connectivity index (χ2n) is 7.56. The van der Waals surface area contributed by atoms with Crippen LogP contribution in [0.5, 0.6) is 5.75 Å². The third-order valence-electron chi connectivity index (χ3n) is 4.91. The van der Waals surface area contributed by atoms with E-state index in [-0.39, 0.29) is 42.7 Å². The van der Waals surface area contributed by atoms with Crippen molar-refractivity contribution in [3.63, 3.8) is 0 Å². The number of aliphatic hydroxyl groups is 1. The van der Waals surface area contributed by atoms with Gasteiger partial charge in [-0.05, 0) is 17.7 Å². The number of nitrogens with zero attached hydrogens (tertiary/aromatic N) is 1. The van der Waals surface area contributed by atoms with E-state index < -0.39 is 8.56 Å². The molecule has 0 radical (unpaired) electrons. The predicted octanol–water partition coefficient (Wildman–Crippen LogP) is 2.78. The van der Waals surface area contributed by atoms with Crippen LogP contribution in [-0.2, 0) is 25.4 Å². The van der Waals surface area contributed by atoms with E-state index in [2.05, 4.69) is 27.7 Å². The van der Waals surface area contributed by atoms with Crippen molar-refractivity contribution in [1.82, 2.24) is 4.90 Å². The van der Waals surface area contributed by atoms with Crippen LogP contribution in [0.15, 0.2) is 36.4 Å². The van der Waals surface area contributed by atoms with Gasteiger partial charge in [-0.15, -0.1) is 0 Å². The van der Waals surface area contributed by atoms with Gasteiger partial charge in [0.1, 0.15) is 5.75 Å². The van der Waals surface area contributed by atoms with Crippen molar-refractivity contribution in [1.29, 1.82) is 0 Å². The lowest BCUT2D eigenvalue weighted by Gasteiger charge is -2.37. The zero-order chi connectivity index (χ0) is 21.4. The molecule has 0 aromatic heterocycles. The Kier molecular flexibility index (Phi) is 8.57. The maximum Gasteiger partial charge on any atom is 0.404 e. The van der Waals surface area contributed by atoms with Crippen LogP contribution in [0.4, 0.5) is 0 Å². The van der Waals surface area contributed by atoms with Gasteiger partial charge in [0, 0.05) is 23.2 Å². The first kappa shape index (κ1) is 23.3. The molecule has 1 aliphatic heterocycles. The fourth-order valence-corrected chi connectivity index (χ4v) is 6.72. The summed E-state index contributed by atoms with van der Waals surface area (Å²) >= 11 is 0. The molecule has 1 aliphatic rings. The summed E-state index contributed by atoms with van der Waals surface area (Å²) < 4.78 is 18.3. The molecule has 1 N–H and O–H groups in total.